The highest BCUT2D eigenvalue weighted by Crippen LogP contribution is 2.36. The fourth-order valence-corrected chi connectivity index (χ4v) is 4.72. The molecule has 8 heteroatoms. The van der Waals surface area contributed by atoms with Crippen LogP contribution in [0, 0.1) is 6.92 Å². The first-order chi connectivity index (χ1) is 10.5. The van der Waals surface area contributed by atoms with E-state index in [2.05, 4.69) is 0 Å². The van der Waals surface area contributed by atoms with Gasteiger partial charge in [-0.1, -0.05) is 24.0 Å². The first kappa shape index (κ1) is 17.5. The van der Waals surface area contributed by atoms with Crippen LogP contribution in [0.2, 0.25) is 0 Å². The minimum absolute atomic E-state index is 0.309. The number of hydrogen-bond acceptors (Lipinski definition) is 6. The Morgan fingerprint density at radius 2 is 2.32 bits per heavy atom. The fraction of sp³-hybridized carbons (Fsp3) is 0.357. The second-order valence-electron chi connectivity index (χ2n) is 4.66. The van der Waals surface area contributed by atoms with E-state index in [0.717, 1.165) is 10.4 Å². The highest BCUT2D eigenvalue weighted by atomic mass is 32.2. The summed E-state index contributed by atoms with van der Waals surface area (Å²) in [5.74, 6) is -0.660. The number of carboxylic acid groups (broad SMARTS) is 1. The van der Waals surface area contributed by atoms with Crippen LogP contribution in [0.5, 0.6) is 0 Å². The van der Waals surface area contributed by atoms with Crippen molar-refractivity contribution in [3.05, 3.63) is 26.8 Å². The molecular weight excluding hydrogens is 358 g/mol. The van der Waals surface area contributed by atoms with E-state index < -0.39 is 12.0 Å². The van der Waals surface area contributed by atoms with Crippen LogP contribution in [0.4, 0.5) is 0 Å². The number of hydrogen-bond donors (Lipinski definition) is 1. The first-order valence-electron chi connectivity index (χ1n) is 6.48. The summed E-state index contributed by atoms with van der Waals surface area (Å²) >= 11 is 9.50. The predicted molar refractivity (Wildman–Crippen MR) is 98.5 cm³/mol. The third-order valence-corrected chi connectivity index (χ3v) is 6.12. The summed E-state index contributed by atoms with van der Waals surface area (Å²) in [6.07, 6.45) is 4.09. The van der Waals surface area contributed by atoms with Gasteiger partial charge in [0.2, 0.25) is 0 Å². The van der Waals surface area contributed by atoms with Crippen molar-refractivity contribution in [1.82, 2.24) is 4.90 Å². The topological polar surface area (TPSA) is 57.6 Å². The van der Waals surface area contributed by atoms with E-state index >= 15 is 0 Å². The lowest BCUT2D eigenvalue weighted by Gasteiger charge is -2.22. The Bertz CT molecular complexity index is 638. The molecular formula is C14H15NO3S4. The van der Waals surface area contributed by atoms with Crippen LogP contribution in [-0.2, 0) is 9.59 Å². The Morgan fingerprint density at radius 1 is 1.59 bits per heavy atom. The highest BCUT2D eigenvalue weighted by Gasteiger charge is 2.40. The van der Waals surface area contributed by atoms with Gasteiger partial charge in [0, 0.05) is 4.88 Å². The van der Waals surface area contributed by atoms with Gasteiger partial charge in [0.25, 0.3) is 5.91 Å². The molecule has 0 aliphatic carbocycles. The molecule has 0 spiro atoms. The number of carboxylic acids is 1. The highest BCUT2D eigenvalue weighted by molar-refractivity contribution is 8.26. The van der Waals surface area contributed by atoms with E-state index in [-0.39, 0.29) is 5.91 Å². The zero-order valence-electron chi connectivity index (χ0n) is 12.1. The van der Waals surface area contributed by atoms with Gasteiger partial charge in [0.05, 0.1) is 4.91 Å². The molecule has 22 heavy (non-hydrogen) atoms. The van der Waals surface area contributed by atoms with Gasteiger partial charge >= 0.3 is 5.97 Å². The van der Waals surface area contributed by atoms with Gasteiger partial charge in [0.1, 0.15) is 10.4 Å². The monoisotopic (exact) mass is 373 g/mol. The summed E-state index contributed by atoms with van der Waals surface area (Å²) in [4.78, 5) is 26.7. The Balaban J connectivity index is 2.26. The van der Waals surface area contributed by atoms with Crippen LogP contribution in [0.25, 0.3) is 6.08 Å². The number of amides is 1. The molecule has 0 bridgehead atoms. The number of carbonyl (C=O) groups is 2. The molecule has 1 atom stereocenters. The normalized spacial score (nSPS) is 18.3. The summed E-state index contributed by atoms with van der Waals surface area (Å²) in [6.45, 7) is 1.97. The first-order valence-corrected chi connectivity index (χ1v) is 9.98. The fourth-order valence-electron chi connectivity index (χ4n) is 1.99. The zero-order valence-corrected chi connectivity index (χ0v) is 15.3. The molecule has 0 aromatic carbocycles. The number of thiocarbonyl (C=S) groups is 1. The van der Waals surface area contributed by atoms with Gasteiger partial charge in [-0.25, -0.2) is 4.79 Å². The average Bonchev–Trinajstić information content (AvgIpc) is 2.97. The molecule has 2 heterocycles. The van der Waals surface area contributed by atoms with Crippen molar-refractivity contribution in [2.24, 2.45) is 0 Å². The standard InChI is InChI=1S/C14H15NO3S4/c1-8-3-6-21-10(8)7-11-12(16)15(14(19)22-11)9(13(17)18)4-5-20-2/h3,6-7,9H,4-5H2,1-2H3,(H,17,18)/b11-7+/t9-/m0/s1. The maximum absolute atomic E-state index is 12.5. The molecule has 1 aliphatic rings. The van der Waals surface area contributed by atoms with Gasteiger partial charge in [-0.15, -0.1) is 11.3 Å². The van der Waals surface area contributed by atoms with Gasteiger partial charge in [-0.3, -0.25) is 9.69 Å². The second kappa shape index (κ2) is 7.63. The number of rotatable bonds is 6. The van der Waals surface area contributed by atoms with Crippen molar-refractivity contribution in [3.63, 3.8) is 0 Å². The zero-order chi connectivity index (χ0) is 16.3. The molecule has 0 unspecified atom stereocenters. The van der Waals surface area contributed by atoms with Crippen molar-refractivity contribution in [3.8, 4) is 0 Å². The van der Waals surface area contributed by atoms with Crippen molar-refractivity contribution in [2.45, 2.75) is 19.4 Å². The van der Waals surface area contributed by atoms with Crippen LogP contribution in [-0.4, -0.2) is 44.3 Å². The molecule has 0 radical (unpaired) electrons. The van der Waals surface area contributed by atoms with Gasteiger partial charge in [-0.2, -0.15) is 11.8 Å². The maximum Gasteiger partial charge on any atom is 0.326 e. The van der Waals surface area contributed by atoms with Crippen LogP contribution < -0.4 is 0 Å². The summed E-state index contributed by atoms with van der Waals surface area (Å²) < 4.78 is 0.318. The van der Waals surface area contributed by atoms with Gasteiger partial charge < -0.3 is 5.11 Å². The lowest BCUT2D eigenvalue weighted by atomic mass is 10.2. The largest absolute Gasteiger partial charge is 0.480 e. The van der Waals surface area contributed by atoms with Gasteiger partial charge in [0.15, 0.2) is 0 Å². The lowest BCUT2D eigenvalue weighted by molar-refractivity contribution is -0.145. The molecule has 118 valence electrons. The molecule has 2 rings (SSSR count). The molecule has 1 aromatic rings. The third-order valence-electron chi connectivity index (χ3n) is 3.18. The number of nitrogens with zero attached hydrogens (tertiary/aromatic N) is 1. The van der Waals surface area contributed by atoms with Crippen LogP contribution in [0.3, 0.4) is 0 Å². The van der Waals surface area contributed by atoms with Crippen molar-refractivity contribution >= 4 is 69.4 Å². The summed E-state index contributed by atoms with van der Waals surface area (Å²) in [5.41, 5.74) is 1.09. The minimum Gasteiger partial charge on any atom is -0.480 e. The minimum atomic E-state index is -1.01. The number of carbonyl (C=O) groups excluding carboxylic acids is 1. The number of aryl methyl sites for hydroxylation is 1. The van der Waals surface area contributed by atoms with E-state index in [9.17, 15) is 14.7 Å². The Morgan fingerprint density at radius 3 is 2.86 bits per heavy atom. The molecule has 1 fully saturated rings. The van der Waals surface area contributed by atoms with E-state index in [0.29, 0.717) is 21.4 Å². The molecule has 1 N–H and O–H groups in total. The third kappa shape index (κ3) is 3.73. The SMILES string of the molecule is CSCC[C@@H](C(=O)O)N1C(=O)/C(=C\c2sccc2C)SC1=S. The molecule has 1 saturated heterocycles. The summed E-state index contributed by atoms with van der Waals surface area (Å²) in [5, 5.41) is 11.4. The van der Waals surface area contributed by atoms with E-state index in [4.69, 9.17) is 12.2 Å². The smallest absolute Gasteiger partial charge is 0.326 e. The predicted octanol–water partition coefficient (Wildman–Crippen LogP) is 3.46. The maximum atomic E-state index is 12.5. The summed E-state index contributed by atoms with van der Waals surface area (Å²) in [7, 11) is 0. The molecule has 1 aliphatic heterocycles. The van der Waals surface area contributed by atoms with E-state index in [1.54, 1.807) is 29.2 Å². The van der Waals surface area contributed by atoms with Gasteiger partial charge in [-0.05, 0) is 48.4 Å². The number of thiophene rings is 1. The summed E-state index contributed by atoms with van der Waals surface area (Å²) in [6, 6.07) is 1.09. The molecule has 0 saturated carbocycles. The number of thioether (sulfide) groups is 2. The van der Waals surface area contributed by atoms with Crippen molar-refractivity contribution < 1.29 is 14.7 Å². The Labute approximate surface area is 147 Å². The quantitative estimate of drug-likeness (QED) is 0.609. The van der Waals surface area contributed by atoms with Crippen LogP contribution in [0.15, 0.2) is 16.4 Å². The lowest BCUT2D eigenvalue weighted by Crippen LogP contribution is -2.44. The molecule has 1 aromatic heterocycles. The molecule has 1 amide bonds. The Hall–Kier alpha value is -0.830. The van der Waals surface area contributed by atoms with E-state index in [1.807, 2.05) is 24.6 Å². The van der Waals surface area contributed by atoms with Crippen LogP contribution in [0.1, 0.15) is 16.9 Å². The van der Waals surface area contributed by atoms with E-state index in [1.165, 1.54) is 16.7 Å². The number of aliphatic carboxylic acids is 1. The second-order valence-corrected chi connectivity index (χ2v) is 8.26. The van der Waals surface area contributed by atoms with Crippen LogP contribution >= 0.6 is 47.1 Å². The molecule has 4 nitrogen and oxygen atoms in total. The average molecular weight is 374 g/mol. The Kier molecular flexibility index (Phi) is 6.08. The van der Waals surface area contributed by atoms with Crippen molar-refractivity contribution in [1.29, 1.82) is 0 Å². The van der Waals surface area contributed by atoms with Crippen molar-refractivity contribution in [2.75, 3.05) is 12.0 Å².